The number of hydrogen-bond donors (Lipinski definition) is 2. The average Bonchev–Trinajstić information content (AvgIpc) is 2.38. The minimum Gasteiger partial charge on any atom is -0.508 e. The monoisotopic (exact) mass is 236 g/mol. The van der Waals surface area contributed by atoms with E-state index in [4.69, 9.17) is 4.74 Å². The smallest absolute Gasteiger partial charge is 0.125 e. The van der Waals surface area contributed by atoms with Gasteiger partial charge in [0, 0.05) is 38.8 Å². The highest BCUT2D eigenvalue weighted by Crippen LogP contribution is 2.24. The first-order valence-electron chi connectivity index (χ1n) is 6.08. The van der Waals surface area contributed by atoms with Crippen molar-refractivity contribution in [2.75, 3.05) is 39.8 Å². The SMILES string of the molecule is COc1cc(O)ccc1CCN1CCNCC1. The van der Waals surface area contributed by atoms with Gasteiger partial charge in [0.05, 0.1) is 7.11 Å². The zero-order chi connectivity index (χ0) is 12.1. The summed E-state index contributed by atoms with van der Waals surface area (Å²) in [6, 6.07) is 5.33. The summed E-state index contributed by atoms with van der Waals surface area (Å²) in [6.07, 6.45) is 0.962. The van der Waals surface area contributed by atoms with Gasteiger partial charge in [-0.25, -0.2) is 0 Å². The molecule has 0 bridgehead atoms. The van der Waals surface area contributed by atoms with Crippen molar-refractivity contribution >= 4 is 0 Å². The third kappa shape index (κ3) is 3.35. The number of ether oxygens (including phenoxy) is 1. The highest BCUT2D eigenvalue weighted by Gasteiger charge is 2.11. The number of phenols is 1. The van der Waals surface area contributed by atoms with E-state index >= 15 is 0 Å². The van der Waals surface area contributed by atoms with E-state index in [0.29, 0.717) is 0 Å². The van der Waals surface area contributed by atoms with Crippen molar-refractivity contribution in [1.82, 2.24) is 10.2 Å². The predicted octanol–water partition coefficient (Wildman–Crippen LogP) is 0.848. The van der Waals surface area contributed by atoms with Gasteiger partial charge in [-0.2, -0.15) is 0 Å². The summed E-state index contributed by atoms with van der Waals surface area (Å²) in [5, 5.41) is 12.7. The number of rotatable bonds is 4. The first-order valence-corrected chi connectivity index (χ1v) is 6.08. The molecule has 2 N–H and O–H groups in total. The van der Waals surface area contributed by atoms with Crippen molar-refractivity contribution in [3.63, 3.8) is 0 Å². The molecule has 0 aromatic heterocycles. The topological polar surface area (TPSA) is 44.7 Å². The molecular formula is C13H20N2O2. The largest absolute Gasteiger partial charge is 0.508 e. The lowest BCUT2D eigenvalue weighted by Crippen LogP contribution is -2.44. The van der Waals surface area contributed by atoms with Crippen LogP contribution in [-0.4, -0.2) is 49.8 Å². The molecule has 0 amide bonds. The molecule has 1 aromatic carbocycles. The maximum Gasteiger partial charge on any atom is 0.125 e. The molecule has 17 heavy (non-hydrogen) atoms. The van der Waals surface area contributed by atoms with E-state index in [9.17, 15) is 5.11 Å². The van der Waals surface area contributed by atoms with Gasteiger partial charge in [0.15, 0.2) is 0 Å². The van der Waals surface area contributed by atoms with Crippen LogP contribution in [0.25, 0.3) is 0 Å². The molecule has 1 aromatic rings. The van der Waals surface area contributed by atoms with Gasteiger partial charge in [0.2, 0.25) is 0 Å². The molecule has 4 heteroatoms. The number of nitrogens with zero attached hydrogens (tertiary/aromatic N) is 1. The summed E-state index contributed by atoms with van der Waals surface area (Å²) < 4.78 is 5.28. The Morgan fingerprint density at radius 3 is 2.82 bits per heavy atom. The van der Waals surface area contributed by atoms with Gasteiger partial charge in [0.1, 0.15) is 11.5 Å². The highest BCUT2D eigenvalue weighted by molar-refractivity contribution is 5.40. The maximum atomic E-state index is 9.39. The Labute approximate surface area is 102 Å². The second-order valence-electron chi connectivity index (χ2n) is 4.34. The molecule has 0 spiro atoms. The molecule has 1 fully saturated rings. The van der Waals surface area contributed by atoms with Crippen molar-refractivity contribution < 1.29 is 9.84 Å². The Kier molecular flexibility index (Phi) is 4.23. The van der Waals surface area contributed by atoms with Crippen molar-refractivity contribution in [1.29, 1.82) is 0 Å². The quantitative estimate of drug-likeness (QED) is 0.813. The van der Waals surface area contributed by atoms with Crippen LogP contribution in [0.4, 0.5) is 0 Å². The van der Waals surface area contributed by atoms with Gasteiger partial charge in [-0.05, 0) is 18.1 Å². The maximum absolute atomic E-state index is 9.39. The van der Waals surface area contributed by atoms with Crippen LogP contribution in [-0.2, 0) is 6.42 Å². The molecule has 0 atom stereocenters. The third-order valence-corrected chi connectivity index (χ3v) is 3.18. The fourth-order valence-electron chi connectivity index (χ4n) is 2.15. The third-order valence-electron chi connectivity index (χ3n) is 3.18. The Hall–Kier alpha value is -1.26. The Bertz CT molecular complexity index is 362. The highest BCUT2D eigenvalue weighted by atomic mass is 16.5. The predicted molar refractivity (Wildman–Crippen MR) is 67.7 cm³/mol. The summed E-state index contributed by atoms with van der Waals surface area (Å²) in [7, 11) is 1.64. The summed E-state index contributed by atoms with van der Waals surface area (Å²) in [6.45, 7) is 5.42. The normalized spacial score (nSPS) is 17.0. The summed E-state index contributed by atoms with van der Waals surface area (Å²) in [4.78, 5) is 2.45. The molecule has 2 rings (SSSR count). The van der Waals surface area contributed by atoms with Crippen LogP contribution in [0.15, 0.2) is 18.2 Å². The van der Waals surface area contributed by atoms with E-state index in [0.717, 1.165) is 50.5 Å². The summed E-state index contributed by atoms with van der Waals surface area (Å²) >= 11 is 0. The van der Waals surface area contributed by atoms with Crippen LogP contribution in [0.1, 0.15) is 5.56 Å². The second kappa shape index (κ2) is 5.89. The fraction of sp³-hybridized carbons (Fsp3) is 0.538. The molecule has 0 radical (unpaired) electrons. The molecule has 4 nitrogen and oxygen atoms in total. The minimum atomic E-state index is 0.257. The van der Waals surface area contributed by atoms with Crippen LogP contribution in [0, 0.1) is 0 Å². The molecule has 0 unspecified atom stereocenters. The minimum absolute atomic E-state index is 0.257. The number of methoxy groups -OCH3 is 1. The molecular weight excluding hydrogens is 216 g/mol. The van der Waals surface area contributed by atoms with Gasteiger partial charge in [0.25, 0.3) is 0 Å². The first kappa shape index (κ1) is 12.2. The Morgan fingerprint density at radius 2 is 2.12 bits per heavy atom. The van der Waals surface area contributed by atoms with Crippen LogP contribution in [0.3, 0.4) is 0 Å². The van der Waals surface area contributed by atoms with Crippen LogP contribution < -0.4 is 10.1 Å². The standard InChI is InChI=1S/C13H20N2O2/c1-17-13-10-12(16)3-2-11(13)4-7-15-8-5-14-6-9-15/h2-3,10,14,16H,4-9H2,1H3. The lowest BCUT2D eigenvalue weighted by Gasteiger charge is -2.27. The van der Waals surface area contributed by atoms with Gasteiger partial charge in [-0.1, -0.05) is 6.07 Å². The van der Waals surface area contributed by atoms with E-state index in [1.165, 1.54) is 0 Å². The number of hydrogen-bond acceptors (Lipinski definition) is 4. The number of benzene rings is 1. The number of aromatic hydroxyl groups is 1. The first-order chi connectivity index (χ1) is 8.29. The summed E-state index contributed by atoms with van der Waals surface area (Å²) in [5.41, 5.74) is 1.16. The fourth-order valence-corrected chi connectivity index (χ4v) is 2.15. The lowest BCUT2D eigenvalue weighted by atomic mass is 10.1. The van der Waals surface area contributed by atoms with E-state index in [-0.39, 0.29) is 5.75 Å². The molecule has 1 aliphatic rings. The number of nitrogens with one attached hydrogen (secondary N) is 1. The molecule has 0 saturated carbocycles. The second-order valence-corrected chi connectivity index (χ2v) is 4.34. The van der Waals surface area contributed by atoms with Crippen molar-refractivity contribution in [2.45, 2.75) is 6.42 Å². The van der Waals surface area contributed by atoms with Crippen LogP contribution in [0.2, 0.25) is 0 Å². The zero-order valence-electron chi connectivity index (χ0n) is 10.3. The molecule has 0 aliphatic carbocycles. The molecule has 1 saturated heterocycles. The van der Waals surface area contributed by atoms with E-state index in [2.05, 4.69) is 10.2 Å². The van der Waals surface area contributed by atoms with E-state index in [1.807, 2.05) is 6.07 Å². The van der Waals surface area contributed by atoms with Gasteiger partial charge >= 0.3 is 0 Å². The van der Waals surface area contributed by atoms with E-state index in [1.54, 1.807) is 19.2 Å². The van der Waals surface area contributed by atoms with Crippen molar-refractivity contribution in [3.8, 4) is 11.5 Å². The zero-order valence-corrected chi connectivity index (χ0v) is 10.3. The van der Waals surface area contributed by atoms with Crippen molar-refractivity contribution in [2.24, 2.45) is 0 Å². The van der Waals surface area contributed by atoms with Gasteiger partial charge in [-0.15, -0.1) is 0 Å². The molecule has 1 aliphatic heterocycles. The summed E-state index contributed by atoms with van der Waals surface area (Å²) in [5.74, 6) is 1.04. The van der Waals surface area contributed by atoms with E-state index < -0.39 is 0 Å². The average molecular weight is 236 g/mol. The van der Waals surface area contributed by atoms with Crippen LogP contribution in [0.5, 0.6) is 11.5 Å². The molecule has 94 valence electrons. The lowest BCUT2D eigenvalue weighted by molar-refractivity contribution is 0.243. The molecule has 1 heterocycles. The number of phenolic OH excluding ortho intramolecular Hbond substituents is 1. The number of piperazine rings is 1. The van der Waals surface area contributed by atoms with Crippen LogP contribution >= 0.6 is 0 Å². The van der Waals surface area contributed by atoms with Gasteiger partial charge < -0.3 is 20.1 Å². The van der Waals surface area contributed by atoms with Gasteiger partial charge in [-0.3, -0.25) is 0 Å². The van der Waals surface area contributed by atoms with Crippen molar-refractivity contribution in [3.05, 3.63) is 23.8 Å². The Morgan fingerprint density at radius 1 is 1.35 bits per heavy atom. The Balaban J connectivity index is 1.93.